The first-order chi connectivity index (χ1) is 12.0. The summed E-state index contributed by atoms with van der Waals surface area (Å²) in [5.74, 6) is -0.369. The lowest BCUT2D eigenvalue weighted by molar-refractivity contribution is -0.131. The van der Waals surface area contributed by atoms with Crippen molar-refractivity contribution in [1.82, 2.24) is 4.90 Å². The number of amides is 1. The van der Waals surface area contributed by atoms with Gasteiger partial charge in [0.15, 0.2) is 9.84 Å². The average molecular weight is 380 g/mol. The molecule has 2 rings (SSSR count). The molecule has 1 aromatic rings. The maximum Gasteiger partial charge on any atom is 0.240 e. The maximum absolute atomic E-state index is 12.8. The van der Waals surface area contributed by atoms with Crippen molar-refractivity contribution in [1.29, 1.82) is 0 Å². The summed E-state index contributed by atoms with van der Waals surface area (Å²) in [6, 6.07) is 7.86. The zero-order valence-corrected chi connectivity index (χ0v) is 17.6. The third-order valence-electron chi connectivity index (χ3n) is 5.54. The molecule has 1 saturated carbocycles. The van der Waals surface area contributed by atoms with Crippen molar-refractivity contribution < 1.29 is 13.2 Å². The topological polar surface area (TPSA) is 54.5 Å². The van der Waals surface area contributed by atoms with Crippen LogP contribution >= 0.6 is 0 Å². The van der Waals surface area contributed by atoms with Crippen LogP contribution in [-0.4, -0.2) is 37.6 Å². The van der Waals surface area contributed by atoms with Crippen LogP contribution < -0.4 is 0 Å². The highest BCUT2D eigenvalue weighted by molar-refractivity contribution is 7.92. The van der Waals surface area contributed by atoms with E-state index in [2.05, 4.69) is 20.8 Å². The van der Waals surface area contributed by atoms with Crippen LogP contribution in [0.2, 0.25) is 0 Å². The van der Waals surface area contributed by atoms with Crippen LogP contribution in [0.15, 0.2) is 24.3 Å². The monoisotopic (exact) mass is 379 g/mol. The molecule has 0 aliphatic heterocycles. The van der Waals surface area contributed by atoms with E-state index in [1.807, 2.05) is 24.3 Å². The minimum atomic E-state index is -3.54. The predicted octanol–water partition coefficient (Wildman–Crippen LogP) is 4.08. The van der Waals surface area contributed by atoms with Gasteiger partial charge < -0.3 is 4.90 Å². The van der Waals surface area contributed by atoms with E-state index in [1.165, 1.54) is 18.9 Å². The Hall–Kier alpha value is -1.36. The van der Waals surface area contributed by atoms with Gasteiger partial charge in [-0.3, -0.25) is 4.79 Å². The van der Waals surface area contributed by atoms with E-state index in [-0.39, 0.29) is 23.1 Å². The molecule has 1 aliphatic rings. The number of carbonyl (C=O) groups excluding carboxylic acids is 1. The summed E-state index contributed by atoms with van der Waals surface area (Å²) >= 11 is 0. The van der Waals surface area contributed by atoms with Gasteiger partial charge in [-0.1, -0.05) is 64.3 Å². The highest BCUT2D eigenvalue weighted by Gasteiger charge is 2.33. The standard InChI is InChI=1S/C21H33NO3S/c1-16(20(23)22(5)19-9-7-6-8-10-19)26(24,25)15-17-11-13-18(14-12-17)21(2,3)4/h11-14,16,19H,6-10,15H2,1-5H3. The third-order valence-corrected chi connectivity index (χ3v) is 7.56. The lowest BCUT2D eigenvalue weighted by atomic mass is 9.87. The number of benzene rings is 1. The van der Waals surface area contributed by atoms with Gasteiger partial charge in [0, 0.05) is 13.1 Å². The first-order valence-corrected chi connectivity index (χ1v) is 11.3. The van der Waals surface area contributed by atoms with E-state index in [9.17, 15) is 13.2 Å². The molecule has 0 spiro atoms. The second-order valence-corrected chi connectivity index (χ2v) is 11.0. The summed E-state index contributed by atoms with van der Waals surface area (Å²) in [5.41, 5.74) is 1.93. The number of nitrogens with zero attached hydrogens (tertiary/aromatic N) is 1. The summed E-state index contributed by atoms with van der Waals surface area (Å²) in [7, 11) is -1.78. The zero-order chi connectivity index (χ0) is 19.5. The molecule has 1 aliphatic carbocycles. The molecule has 0 heterocycles. The molecule has 1 amide bonds. The maximum atomic E-state index is 12.8. The Balaban J connectivity index is 2.07. The van der Waals surface area contributed by atoms with Crippen molar-refractivity contribution in [3.63, 3.8) is 0 Å². The van der Waals surface area contributed by atoms with Gasteiger partial charge in [-0.05, 0) is 36.3 Å². The fourth-order valence-electron chi connectivity index (χ4n) is 3.55. The van der Waals surface area contributed by atoms with Gasteiger partial charge in [0.05, 0.1) is 5.75 Å². The van der Waals surface area contributed by atoms with Crippen molar-refractivity contribution in [3.05, 3.63) is 35.4 Å². The number of carbonyl (C=O) groups is 1. The quantitative estimate of drug-likeness (QED) is 0.775. The molecule has 0 N–H and O–H groups in total. The van der Waals surface area contributed by atoms with Gasteiger partial charge in [0.25, 0.3) is 0 Å². The highest BCUT2D eigenvalue weighted by atomic mass is 32.2. The Kier molecular flexibility index (Phi) is 6.54. The first-order valence-electron chi connectivity index (χ1n) is 9.60. The minimum absolute atomic E-state index is 0.0311. The van der Waals surface area contributed by atoms with Gasteiger partial charge in [0.1, 0.15) is 5.25 Å². The van der Waals surface area contributed by atoms with Gasteiger partial charge in [0.2, 0.25) is 5.91 Å². The van der Waals surface area contributed by atoms with Crippen LogP contribution in [0.25, 0.3) is 0 Å². The van der Waals surface area contributed by atoms with E-state index in [0.717, 1.165) is 31.2 Å². The lowest BCUT2D eigenvalue weighted by Crippen LogP contribution is -2.45. The Morgan fingerprint density at radius 1 is 1.12 bits per heavy atom. The Morgan fingerprint density at radius 3 is 2.15 bits per heavy atom. The van der Waals surface area contributed by atoms with Crippen molar-refractivity contribution >= 4 is 15.7 Å². The van der Waals surface area contributed by atoms with E-state index in [1.54, 1.807) is 11.9 Å². The lowest BCUT2D eigenvalue weighted by Gasteiger charge is -2.32. The Bertz CT molecular complexity index is 711. The van der Waals surface area contributed by atoms with Crippen molar-refractivity contribution in [2.45, 2.75) is 82.3 Å². The molecule has 1 atom stereocenters. The summed E-state index contributed by atoms with van der Waals surface area (Å²) in [6.07, 6.45) is 5.39. The normalized spacial score (nSPS) is 17.7. The van der Waals surface area contributed by atoms with Gasteiger partial charge in [-0.15, -0.1) is 0 Å². The number of sulfone groups is 1. The minimum Gasteiger partial charge on any atom is -0.342 e. The molecule has 0 radical (unpaired) electrons. The Morgan fingerprint density at radius 2 is 1.65 bits per heavy atom. The second kappa shape index (κ2) is 8.12. The molecule has 1 aromatic carbocycles. The van der Waals surface area contributed by atoms with Gasteiger partial charge in [-0.25, -0.2) is 8.42 Å². The molecule has 146 valence electrons. The number of hydrogen-bond acceptors (Lipinski definition) is 3. The zero-order valence-electron chi connectivity index (χ0n) is 16.8. The van der Waals surface area contributed by atoms with Crippen molar-refractivity contribution in [2.24, 2.45) is 0 Å². The molecule has 26 heavy (non-hydrogen) atoms. The molecule has 0 saturated heterocycles. The molecule has 0 aromatic heterocycles. The van der Waals surface area contributed by atoms with Crippen LogP contribution in [0.4, 0.5) is 0 Å². The molecule has 0 bridgehead atoms. The molecular weight excluding hydrogens is 346 g/mol. The smallest absolute Gasteiger partial charge is 0.240 e. The summed E-state index contributed by atoms with van der Waals surface area (Å²) in [6.45, 7) is 7.91. The van der Waals surface area contributed by atoms with E-state index in [0.29, 0.717) is 0 Å². The predicted molar refractivity (Wildman–Crippen MR) is 107 cm³/mol. The van der Waals surface area contributed by atoms with Crippen LogP contribution in [0.5, 0.6) is 0 Å². The van der Waals surface area contributed by atoms with Crippen LogP contribution in [0.1, 0.15) is 70.9 Å². The molecule has 4 nitrogen and oxygen atoms in total. The SMILES string of the molecule is CC(C(=O)N(C)C1CCCCC1)S(=O)(=O)Cc1ccc(C(C)(C)C)cc1. The number of hydrogen-bond donors (Lipinski definition) is 0. The van der Waals surface area contributed by atoms with E-state index >= 15 is 0 Å². The molecular formula is C21H33NO3S. The molecule has 1 unspecified atom stereocenters. The summed E-state index contributed by atoms with van der Waals surface area (Å²) in [5, 5.41) is -1.00. The molecule has 5 heteroatoms. The Labute approximate surface area is 158 Å². The second-order valence-electron chi connectivity index (χ2n) is 8.64. The average Bonchev–Trinajstić information content (AvgIpc) is 2.60. The van der Waals surface area contributed by atoms with Gasteiger partial charge >= 0.3 is 0 Å². The largest absolute Gasteiger partial charge is 0.342 e. The third kappa shape index (κ3) is 5.09. The van der Waals surface area contributed by atoms with E-state index < -0.39 is 15.1 Å². The van der Waals surface area contributed by atoms with E-state index in [4.69, 9.17) is 0 Å². The summed E-state index contributed by atoms with van der Waals surface area (Å²) < 4.78 is 25.5. The highest BCUT2D eigenvalue weighted by Crippen LogP contribution is 2.25. The van der Waals surface area contributed by atoms with Crippen LogP contribution in [0.3, 0.4) is 0 Å². The number of rotatable bonds is 5. The first kappa shape index (κ1) is 20.9. The summed E-state index contributed by atoms with van der Waals surface area (Å²) in [4.78, 5) is 14.4. The fourth-order valence-corrected chi connectivity index (χ4v) is 4.93. The fraction of sp³-hybridized carbons (Fsp3) is 0.667. The van der Waals surface area contributed by atoms with Crippen LogP contribution in [-0.2, 0) is 25.8 Å². The van der Waals surface area contributed by atoms with Crippen LogP contribution in [0, 0.1) is 0 Å². The van der Waals surface area contributed by atoms with Gasteiger partial charge in [-0.2, -0.15) is 0 Å². The van der Waals surface area contributed by atoms with Crippen molar-refractivity contribution in [2.75, 3.05) is 7.05 Å². The van der Waals surface area contributed by atoms with Crippen molar-refractivity contribution in [3.8, 4) is 0 Å². The molecule has 1 fully saturated rings.